The van der Waals surface area contributed by atoms with Gasteiger partial charge in [-0.1, -0.05) is 32.9 Å². The SMILES string of the molecule is CCC(C#N)Oc1cccc(C(C)C)c1. The van der Waals surface area contributed by atoms with Gasteiger partial charge in [0, 0.05) is 0 Å². The van der Waals surface area contributed by atoms with Gasteiger partial charge in [0.15, 0.2) is 6.10 Å². The van der Waals surface area contributed by atoms with Crippen molar-refractivity contribution in [1.29, 1.82) is 5.26 Å². The fraction of sp³-hybridized carbons (Fsp3) is 0.462. The molecule has 15 heavy (non-hydrogen) atoms. The zero-order chi connectivity index (χ0) is 11.3. The molecule has 0 aliphatic rings. The van der Waals surface area contributed by atoms with E-state index in [1.807, 2.05) is 25.1 Å². The number of ether oxygens (including phenoxy) is 1. The van der Waals surface area contributed by atoms with Crippen LogP contribution in [0.5, 0.6) is 5.75 Å². The predicted octanol–water partition coefficient (Wildman–Crippen LogP) is 3.49. The molecule has 0 radical (unpaired) electrons. The van der Waals surface area contributed by atoms with E-state index in [1.165, 1.54) is 5.56 Å². The van der Waals surface area contributed by atoms with Gasteiger partial charge in [-0.15, -0.1) is 0 Å². The van der Waals surface area contributed by atoms with E-state index in [0.717, 1.165) is 5.75 Å². The lowest BCUT2D eigenvalue weighted by molar-refractivity contribution is 0.251. The van der Waals surface area contributed by atoms with Gasteiger partial charge in [-0.05, 0) is 30.0 Å². The van der Waals surface area contributed by atoms with Gasteiger partial charge in [0.05, 0.1) is 0 Å². The molecule has 1 aromatic carbocycles. The minimum absolute atomic E-state index is 0.340. The van der Waals surface area contributed by atoms with Crippen LogP contribution in [-0.2, 0) is 0 Å². The first-order valence-electron chi connectivity index (χ1n) is 5.33. The number of hydrogen-bond acceptors (Lipinski definition) is 2. The molecule has 0 spiro atoms. The highest BCUT2D eigenvalue weighted by Gasteiger charge is 2.07. The van der Waals surface area contributed by atoms with Gasteiger partial charge in [-0.2, -0.15) is 5.26 Å². The summed E-state index contributed by atoms with van der Waals surface area (Å²) in [7, 11) is 0. The third kappa shape index (κ3) is 3.28. The molecule has 0 aromatic heterocycles. The van der Waals surface area contributed by atoms with Crippen molar-refractivity contribution in [2.75, 3.05) is 0 Å². The highest BCUT2D eigenvalue weighted by Crippen LogP contribution is 2.21. The fourth-order valence-electron chi connectivity index (χ4n) is 1.31. The van der Waals surface area contributed by atoms with Crippen molar-refractivity contribution < 1.29 is 4.74 Å². The van der Waals surface area contributed by atoms with Gasteiger partial charge >= 0.3 is 0 Å². The Hall–Kier alpha value is -1.49. The Morgan fingerprint density at radius 1 is 1.40 bits per heavy atom. The van der Waals surface area contributed by atoms with Crippen molar-refractivity contribution in [3.05, 3.63) is 29.8 Å². The highest BCUT2D eigenvalue weighted by molar-refractivity contribution is 5.30. The molecule has 1 unspecified atom stereocenters. The number of nitriles is 1. The highest BCUT2D eigenvalue weighted by atomic mass is 16.5. The Balaban J connectivity index is 2.78. The van der Waals surface area contributed by atoms with E-state index in [-0.39, 0.29) is 6.10 Å². The molecule has 0 aliphatic carbocycles. The van der Waals surface area contributed by atoms with Crippen LogP contribution in [0.2, 0.25) is 0 Å². The normalized spacial score (nSPS) is 12.2. The molecule has 2 nitrogen and oxygen atoms in total. The first-order chi connectivity index (χ1) is 7.17. The summed E-state index contributed by atoms with van der Waals surface area (Å²) in [4.78, 5) is 0. The molecule has 1 aromatic rings. The molecule has 2 heteroatoms. The van der Waals surface area contributed by atoms with Crippen molar-refractivity contribution in [1.82, 2.24) is 0 Å². The largest absolute Gasteiger partial charge is 0.476 e. The van der Waals surface area contributed by atoms with Crippen LogP contribution in [0.4, 0.5) is 0 Å². The summed E-state index contributed by atoms with van der Waals surface area (Å²) < 4.78 is 5.54. The topological polar surface area (TPSA) is 33.0 Å². The zero-order valence-corrected chi connectivity index (χ0v) is 9.53. The summed E-state index contributed by atoms with van der Waals surface area (Å²) in [6, 6.07) is 10.1. The molecule has 0 N–H and O–H groups in total. The molecular weight excluding hydrogens is 186 g/mol. The first kappa shape index (κ1) is 11.6. The predicted molar refractivity (Wildman–Crippen MR) is 60.9 cm³/mol. The Bertz CT molecular complexity index is 352. The molecule has 0 bridgehead atoms. The third-order valence-electron chi connectivity index (χ3n) is 2.32. The standard InChI is InChI=1S/C13H17NO/c1-4-12(9-14)15-13-7-5-6-11(8-13)10(2)3/h5-8,10,12H,4H2,1-3H3. The number of hydrogen-bond donors (Lipinski definition) is 0. The molecule has 0 saturated carbocycles. The average molecular weight is 203 g/mol. The van der Waals surface area contributed by atoms with Crippen molar-refractivity contribution in [3.8, 4) is 11.8 Å². The van der Waals surface area contributed by atoms with Crippen molar-refractivity contribution in [2.45, 2.75) is 39.2 Å². The van der Waals surface area contributed by atoms with E-state index in [1.54, 1.807) is 0 Å². The average Bonchev–Trinajstić information content (AvgIpc) is 2.26. The Labute approximate surface area is 91.5 Å². The van der Waals surface area contributed by atoms with Crippen LogP contribution < -0.4 is 4.74 Å². The van der Waals surface area contributed by atoms with E-state index in [2.05, 4.69) is 26.0 Å². The monoisotopic (exact) mass is 203 g/mol. The van der Waals surface area contributed by atoms with E-state index in [9.17, 15) is 0 Å². The zero-order valence-electron chi connectivity index (χ0n) is 9.53. The minimum Gasteiger partial charge on any atom is -0.476 e. The summed E-state index contributed by atoms with van der Waals surface area (Å²) in [6.45, 7) is 6.22. The second-order valence-corrected chi connectivity index (χ2v) is 3.87. The molecule has 80 valence electrons. The molecule has 1 rings (SSSR count). The molecule has 0 aliphatic heterocycles. The maximum Gasteiger partial charge on any atom is 0.184 e. The number of benzene rings is 1. The van der Waals surface area contributed by atoms with E-state index in [0.29, 0.717) is 12.3 Å². The smallest absolute Gasteiger partial charge is 0.184 e. The third-order valence-corrected chi connectivity index (χ3v) is 2.32. The summed E-state index contributed by atoms with van der Waals surface area (Å²) in [6.07, 6.45) is 0.370. The summed E-state index contributed by atoms with van der Waals surface area (Å²) in [5.74, 6) is 1.27. The van der Waals surface area contributed by atoms with Crippen molar-refractivity contribution >= 4 is 0 Å². The van der Waals surface area contributed by atoms with Gasteiger partial charge in [-0.25, -0.2) is 0 Å². The van der Waals surface area contributed by atoms with Crippen LogP contribution in [0.25, 0.3) is 0 Å². The van der Waals surface area contributed by atoms with Crippen molar-refractivity contribution in [2.24, 2.45) is 0 Å². The second-order valence-electron chi connectivity index (χ2n) is 3.87. The van der Waals surface area contributed by atoms with Crippen LogP contribution in [0, 0.1) is 11.3 Å². The Morgan fingerprint density at radius 3 is 2.67 bits per heavy atom. The van der Waals surface area contributed by atoms with Gasteiger partial charge < -0.3 is 4.74 Å². The Morgan fingerprint density at radius 2 is 2.13 bits per heavy atom. The lowest BCUT2D eigenvalue weighted by Gasteiger charge is -2.12. The second kappa shape index (κ2) is 5.41. The summed E-state index contributed by atoms with van der Waals surface area (Å²) in [5.41, 5.74) is 1.24. The van der Waals surface area contributed by atoms with E-state index in [4.69, 9.17) is 10.00 Å². The summed E-state index contributed by atoms with van der Waals surface area (Å²) >= 11 is 0. The van der Waals surface area contributed by atoms with Gasteiger partial charge in [0.2, 0.25) is 0 Å². The molecule has 0 amide bonds. The molecule has 0 saturated heterocycles. The van der Waals surface area contributed by atoms with Crippen LogP contribution in [0.15, 0.2) is 24.3 Å². The molecule has 1 atom stereocenters. The number of nitrogens with zero attached hydrogens (tertiary/aromatic N) is 1. The molecule has 0 fully saturated rings. The van der Waals surface area contributed by atoms with Gasteiger partial charge in [-0.3, -0.25) is 0 Å². The first-order valence-corrected chi connectivity index (χ1v) is 5.33. The summed E-state index contributed by atoms with van der Waals surface area (Å²) in [5, 5.41) is 8.79. The van der Waals surface area contributed by atoms with Gasteiger partial charge in [0.25, 0.3) is 0 Å². The lowest BCUT2D eigenvalue weighted by atomic mass is 10.0. The molecule has 0 heterocycles. The fourth-order valence-corrected chi connectivity index (χ4v) is 1.31. The number of rotatable bonds is 4. The Kier molecular flexibility index (Phi) is 4.17. The molecular formula is C13H17NO. The van der Waals surface area contributed by atoms with Crippen LogP contribution >= 0.6 is 0 Å². The quantitative estimate of drug-likeness (QED) is 0.750. The van der Waals surface area contributed by atoms with E-state index >= 15 is 0 Å². The maximum absolute atomic E-state index is 8.79. The minimum atomic E-state index is -0.340. The van der Waals surface area contributed by atoms with Crippen LogP contribution in [0.3, 0.4) is 0 Å². The van der Waals surface area contributed by atoms with Crippen molar-refractivity contribution in [3.63, 3.8) is 0 Å². The van der Waals surface area contributed by atoms with Crippen LogP contribution in [-0.4, -0.2) is 6.10 Å². The van der Waals surface area contributed by atoms with E-state index < -0.39 is 0 Å². The van der Waals surface area contributed by atoms with Gasteiger partial charge in [0.1, 0.15) is 11.8 Å². The lowest BCUT2D eigenvalue weighted by Crippen LogP contribution is -2.12. The maximum atomic E-state index is 8.79. The van der Waals surface area contributed by atoms with Crippen LogP contribution in [0.1, 0.15) is 38.7 Å².